The number of nitriles is 1. The number of nitrogens with zero attached hydrogens (tertiary/aromatic N) is 8. The van der Waals surface area contributed by atoms with Gasteiger partial charge in [-0.05, 0) is 38.8 Å². The lowest BCUT2D eigenvalue weighted by atomic mass is 9.95. The Bertz CT molecular complexity index is 1510. The van der Waals surface area contributed by atoms with Gasteiger partial charge in [-0.3, -0.25) is 9.69 Å². The Morgan fingerprint density at radius 1 is 1.14 bits per heavy atom. The lowest BCUT2D eigenvalue weighted by Crippen LogP contribution is -2.52. The largest absolute Gasteiger partial charge is 0.593 e. The number of alkyl halides is 4. The van der Waals surface area contributed by atoms with Gasteiger partial charge < -0.3 is 14.4 Å². The number of piperazine rings is 1. The van der Waals surface area contributed by atoms with Gasteiger partial charge in [-0.1, -0.05) is 11.3 Å². The fourth-order valence-corrected chi connectivity index (χ4v) is 7.42. The van der Waals surface area contributed by atoms with Crippen LogP contribution in [0.5, 0.6) is 0 Å². The quantitative estimate of drug-likeness (QED) is 0.277. The summed E-state index contributed by atoms with van der Waals surface area (Å²) < 4.78 is 69.6. The first kappa shape index (κ1) is 30.0. The van der Waals surface area contributed by atoms with Crippen LogP contribution in [0.15, 0.2) is 23.2 Å². The predicted octanol–water partition coefficient (Wildman–Crippen LogP) is 3.11. The number of anilines is 1. The lowest BCUT2D eigenvalue weighted by molar-refractivity contribution is -0.137. The molecule has 3 fully saturated rings. The molecule has 0 radical (unpaired) electrons. The molecule has 2 aromatic heterocycles. The molecule has 17 heteroatoms. The van der Waals surface area contributed by atoms with Crippen molar-refractivity contribution < 1.29 is 26.9 Å². The van der Waals surface area contributed by atoms with Gasteiger partial charge in [-0.2, -0.15) is 10.4 Å². The smallest absolute Gasteiger partial charge is 0.291 e. The summed E-state index contributed by atoms with van der Waals surface area (Å²) in [6.07, 6.45) is -1.29. The second kappa shape index (κ2) is 12.2. The van der Waals surface area contributed by atoms with E-state index in [2.05, 4.69) is 31.0 Å². The molecule has 1 aromatic carbocycles. The first-order chi connectivity index (χ1) is 20.7. The van der Waals surface area contributed by atoms with Crippen LogP contribution in [0.3, 0.4) is 0 Å². The zero-order chi connectivity index (χ0) is 30.3. The zero-order valence-corrected chi connectivity index (χ0v) is 24.6. The number of rotatable bonds is 9. The number of carbonyl (C=O) groups is 1. The number of aromatic nitrogens is 4. The molecule has 4 heterocycles. The van der Waals surface area contributed by atoms with Crippen LogP contribution in [0, 0.1) is 17.2 Å². The monoisotopic (exact) mass is 639 g/mol. The van der Waals surface area contributed by atoms with Gasteiger partial charge in [0.05, 0.1) is 41.4 Å². The number of carbonyl (C=O) groups excluding carboxylic acids is 1. The van der Waals surface area contributed by atoms with E-state index in [1.165, 1.54) is 4.68 Å². The minimum atomic E-state index is -2.78. The number of likely N-dealkylation sites (tertiary alicyclic amines) is 1. The van der Waals surface area contributed by atoms with Crippen molar-refractivity contribution >= 4 is 45.2 Å². The maximum atomic E-state index is 13.4. The van der Waals surface area contributed by atoms with Gasteiger partial charge in [0.25, 0.3) is 12.9 Å². The Kier molecular flexibility index (Phi) is 8.48. The van der Waals surface area contributed by atoms with Crippen molar-refractivity contribution in [2.75, 3.05) is 50.7 Å². The molecule has 3 aromatic rings. The number of fused-ring (bicyclic) bond motifs is 1. The Morgan fingerprint density at radius 2 is 1.86 bits per heavy atom. The highest BCUT2D eigenvalue weighted by molar-refractivity contribution is 7.89. The van der Waals surface area contributed by atoms with Gasteiger partial charge in [0, 0.05) is 49.6 Å². The minimum Gasteiger partial charge on any atom is -0.593 e. The van der Waals surface area contributed by atoms with Gasteiger partial charge >= 0.3 is 0 Å². The number of hydrogen-bond acceptors (Lipinski definition) is 10. The predicted molar refractivity (Wildman–Crippen MR) is 151 cm³/mol. The summed E-state index contributed by atoms with van der Waals surface area (Å²) in [6.45, 7) is 2.54. The highest BCUT2D eigenvalue weighted by Gasteiger charge is 2.48. The molecular weight excluding hydrogens is 610 g/mol. The molecule has 3 aliphatic rings. The van der Waals surface area contributed by atoms with Gasteiger partial charge in [-0.25, -0.2) is 22.2 Å². The van der Waals surface area contributed by atoms with Gasteiger partial charge in [0.1, 0.15) is 5.54 Å². The van der Waals surface area contributed by atoms with Gasteiger partial charge in [0.15, 0.2) is 9.90 Å². The summed E-state index contributed by atoms with van der Waals surface area (Å²) in [5, 5.41) is 21.7. The normalized spacial score (nSPS) is 20.2. The lowest BCUT2D eigenvalue weighted by Gasteiger charge is -2.39. The fourth-order valence-electron chi connectivity index (χ4n) is 5.59. The van der Waals surface area contributed by atoms with Crippen LogP contribution < -0.4 is 9.62 Å². The summed E-state index contributed by atoms with van der Waals surface area (Å²) in [5.41, 5.74) is 0.366. The Morgan fingerprint density at radius 3 is 2.47 bits per heavy atom. The standard InChI is InChI=1S/C26H29F4N9O2S2/c27-21(28)14-36-5-1-16(2-6-36)24(40)38-9-7-37(8-10-38)19-11-17(43(41)35-26(15-31)3-4-26)12-20-18(19)13-32-39(20)25-34-33-23(42-25)22(29)30/h11-13,16,21-22,35H,1-10,14H2. The molecule has 1 unspecified atom stereocenters. The van der Waals surface area contributed by atoms with Gasteiger partial charge in [0.2, 0.25) is 11.0 Å². The number of amides is 1. The molecule has 6 rings (SSSR count). The summed E-state index contributed by atoms with van der Waals surface area (Å²) >= 11 is -1.04. The van der Waals surface area contributed by atoms with E-state index in [1.807, 2.05) is 4.90 Å². The number of piperidine rings is 1. The molecule has 1 atom stereocenters. The Labute approximate surface area is 251 Å². The Hall–Kier alpha value is -3.04. The van der Waals surface area contributed by atoms with Crippen LogP contribution >= 0.6 is 11.3 Å². The van der Waals surface area contributed by atoms with Crippen molar-refractivity contribution in [3.05, 3.63) is 23.3 Å². The highest BCUT2D eigenvalue weighted by Crippen LogP contribution is 2.38. The van der Waals surface area contributed by atoms with E-state index in [1.54, 1.807) is 23.2 Å². The van der Waals surface area contributed by atoms with Crippen LogP contribution in [0.1, 0.15) is 37.1 Å². The third-order valence-corrected chi connectivity index (χ3v) is 10.3. The average Bonchev–Trinajstić information content (AvgIpc) is 3.37. The third-order valence-electron chi connectivity index (χ3n) is 8.17. The molecule has 2 aliphatic heterocycles. The van der Waals surface area contributed by atoms with Crippen LogP contribution in [-0.2, 0) is 16.2 Å². The first-order valence-corrected chi connectivity index (χ1v) is 15.9. The molecule has 11 nitrogen and oxygen atoms in total. The maximum absolute atomic E-state index is 13.4. The zero-order valence-electron chi connectivity index (χ0n) is 23.0. The molecule has 230 valence electrons. The summed E-state index contributed by atoms with van der Waals surface area (Å²) in [5.74, 6) is -0.159. The van der Waals surface area contributed by atoms with Crippen LogP contribution in [0.4, 0.5) is 23.2 Å². The van der Waals surface area contributed by atoms with Crippen molar-refractivity contribution in [2.24, 2.45) is 5.92 Å². The van der Waals surface area contributed by atoms with Crippen molar-refractivity contribution in [1.29, 1.82) is 5.26 Å². The maximum Gasteiger partial charge on any atom is 0.291 e. The topological polar surface area (TPSA) is 129 Å². The fraction of sp³-hybridized carbons (Fsp3) is 0.577. The van der Waals surface area contributed by atoms with E-state index in [0.29, 0.717) is 97.8 Å². The average molecular weight is 640 g/mol. The molecule has 1 amide bonds. The molecule has 43 heavy (non-hydrogen) atoms. The van der Waals surface area contributed by atoms with Crippen LogP contribution in [0.25, 0.3) is 16.0 Å². The van der Waals surface area contributed by atoms with E-state index >= 15 is 0 Å². The third kappa shape index (κ3) is 6.29. The SMILES string of the molecule is N#CC1(N[S+]([O-])c2cc(N3CCN(C(=O)C4CCN(CC(F)F)CC4)CC3)c3cnn(-c4nnc(C(F)F)s4)c3c2)CC1. The van der Waals surface area contributed by atoms with Gasteiger partial charge in [-0.15, -0.1) is 14.9 Å². The van der Waals surface area contributed by atoms with E-state index < -0.39 is 34.8 Å². The summed E-state index contributed by atoms with van der Waals surface area (Å²) in [4.78, 5) is 19.2. The molecule has 2 saturated heterocycles. The number of nitrogens with one attached hydrogen (secondary N) is 1. The molecule has 1 aliphatic carbocycles. The summed E-state index contributed by atoms with van der Waals surface area (Å²) in [7, 11) is 0. The number of benzene rings is 1. The van der Waals surface area contributed by atoms with E-state index in [9.17, 15) is 32.2 Å². The van der Waals surface area contributed by atoms with E-state index in [4.69, 9.17) is 0 Å². The van der Waals surface area contributed by atoms with Crippen molar-refractivity contribution in [3.63, 3.8) is 0 Å². The van der Waals surface area contributed by atoms with Crippen molar-refractivity contribution in [2.45, 2.75) is 49.0 Å². The number of hydrogen-bond donors (Lipinski definition) is 1. The van der Waals surface area contributed by atoms with Crippen LogP contribution in [-0.4, -0.2) is 98.0 Å². The number of halogens is 4. The molecule has 0 bridgehead atoms. The first-order valence-electron chi connectivity index (χ1n) is 13.9. The molecule has 1 N–H and O–H groups in total. The summed E-state index contributed by atoms with van der Waals surface area (Å²) in [6, 6.07) is 5.59. The van der Waals surface area contributed by atoms with Crippen LogP contribution in [0.2, 0.25) is 0 Å². The highest BCUT2D eigenvalue weighted by atomic mass is 32.2. The second-order valence-electron chi connectivity index (χ2n) is 11.0. The molecular formula is C26H29F4N9O2S2. The molecule has 1 saturated carbocycles. The second-order valence-corrected chi connectivity index (χ2v) is 13.2. The minimum absolute atomic E-state index is 0.0331. The van der Waals surface area contributed by atoms with Crippen molar-refractivity contribution in [3.8, 4) is 11.2 Å². The van der Waals surface area contributed by atoms with E-state index in [0.717, 1.165) is 0 Å². The Balaban J connectivity index is 1.22. The molecule has 0 spiro atoms. The van der Waals surface area contributed by atoms with Crippen molar-refractivity contribution in [1.82, 2.24) is 34.5 Å². The van der Waals surface area contributed by atoms with E-state index in [-0.39, 0.29) is 23.5 Å².